The summed E-state index contributed by atoms with van der Waals surface area (Å²) in [6, 6.07) is 0. The van der Waals surface area contributed by atoms with E-state index in [1.54, 1.807) is 0 Å². The van der Waals surface area contributed by atoms with Gasteiger partial charge in [-0.25, -0.2) is 0 Å². The SMILES string of the molecule is CC1(NCC(O)COCC2CCCO2)CCCCC1. The van der Waals surface area contributed by atoms with Crippen LogP contribution in [0.1, 0.15) is 51.9 Å². The summed E-state index contributed by atoms with van der Waals surface area (Å²) < 4.78 is 11.0. The lowest BCUT2D eigenvalue weighted by Crippen LogP contribution is -2.47. The summed E-state index contributed by atoms with van der Waals surface area (Å²) in [7, 11) is 0. The molecule has 0 radical (unpaired) electrons. The van der Waals surface area contributed by atoms with Crippen LogP contribution >= 0.6 is 0 Å². The maximum atomic E-state index is 9.94. The summed E-state index contributed by atoms with van der Waals surface area (Å²) in [5.41, 5.74) is 0.216. The van der Waals surface area contributed by atoms with Crippen molar-refractivity contribution in [3.05, 3.63) is 0 Å². The fourth-order valence-corrected chi connectivity index (χ4v) is 3.04. The number of aliphatic hydroxyl groups is 1. The molecule has 19 heavy (non-hydrogen) atoms. The molecular weight excluding hydrogens is 242 g/mol. The van der Waals surface area contributed by atoms with Crippen molar-refractivity contribution in [2.45, 2.75) is 69.6 Å². The van der Waals surface area contributed by atoms with Crippen molar-refractivity contribution in [1.29, 1.82) is 0 Å². The first-order chi connectivity index (χ1) is 9.18. The summed E-state index contributed by atoms with van der Waals surface area (Å²) >= 11 is 0. The van der Waals surface area contributed by atoms with Crippen LogP contribution in [0.4, 0.5) is 0 Å². The normalized spacial score (nSPS) is 28.4. The predicted molar refractivity (Wildman–Crippen MR) is 75.3 cm³/mol. The number of hydrogen-bond donors (Lipinski definition) is 2. The second kappa shape index (κ2) is 7.58. The van der Waals surface area contributed by atoms with E-state index >= 15 is 0 Å². The van der Waals surface area contributed by atoms with E-state index in [4.69, 9.17) is 9.47 Å². The Balaban J connectivity index is 1.54. The van der Waals surface area contributed by atoms with E-state index in [1.807, 2.05) is 0 Å². The minimum atomic E-state index is -0.417. The number of rotatable bonds is 7. The van der Waals surface area contributed by atoms with Gasteiger partial charge in [-0.05, 0) is 32.6 Å². The van der Waals surface area contributed by atoms with E-state index < -0.39 is 6.10 Å². The predicted octanol–water partition coefficient (Wildman–Crippen LogP) is 1.86. The van der Waals surface area contributed by atoms with Crippen molar-refractivity contribution >= 4 is 0 Å². The molecule has 4 nitrogen and oxygen atoms in total. The average Bonchev–Trinajstić information content (AvgIpc) is 2.91. The standard InChI is InChI=1S/C15H29NO3/c1-15(7-3-2-4-8-15)16-10-13(17)11-18-12-14-6-5-9-19-14/h13-14,16-17H,2-12H2,1H3. The van der Waals surface area contributed by atoms with E-state index in [0.29, 0.717) is 19.8 Å². The first-order valence-corrected chi connectivity index (χ1v) is 7.80. The molecule has 0 bridgehead atoms. The van der Waals surface area contributed by atoms with Crippen molar-refractivity contribution in [2.24, 2.45) is 0 Å². The molecule has 1 aliphatic carbocycles. The zero-order chi connectivity index (χ0) is 13.6. The Kier molecular flexibility index (Phi) is 6.07. The second-order valence-corrected chi connectivity index (χ2v) is 6.33. The number of ether oxygens (including phenoxy) is 2. The van der Waals surface area contributed by atoms with E-state index in [1.165, 1.54) is 32.1 Å². The zero-order valence-corrected chi connectivity index (χ0v) is 12.2. The van der Waals surface area contributed by atoms with Gasteiger partial charge >= 0.3 is 0 Å². The molecule has 4 heteroatoms. The quantitative estimate of drug-likeness (QED) is 0.742. The van der Waals surface area contributed by atoms with Gasteiger partial charge in [-0.3, -0.25) is 0 Å². The third kappa shape index (κ3) is 5.38. The van der Waals surface area contributed by atoms with E-state index in [-0.39, 0.29) is 11.6 Å². The minimum Gasteiger partial charge on any atom is -0.389 e. The molecule has 2 rings (SSSR count). The molecule has 0 aromatic rings. The van der Waals surface area contributed by atoms with E-state index in [2.05, 4.69) is 12.2 Å². The number of nitrogens with one attached hydrogen (secondary N) is 1. The minimum absolute atomic E-state index is 0.216. The second-order valence-electron chi connectivity index (χ2n) is 6.33. The van der Waals surface area contributed by atoms with Gasteiger partial charge in [0.1, 0.15) is 0 Å². The number of aliphatic hydroxyl groups excluding tert-OH is 1. The van der Waals surface area contributed by atoms with Crippen LogP contribution in [-0.2, 0) is 9.47 Å². The van der Waals surface area contributed by atoms with Crippen LogP contribution in [-0.4, -0.2) is 49.2 Å². The topological polar surface area (TPSA) is 50.7 Å². The Morgan fingerprint density at radius 2 is 2.11 bits per heavy atom. The molecule has 2 aliphatic rings. The third-order valence-electron chi connectivity index (χ3n) is 4.36. The number of β-amino-alcohol motifs (C(OH)–C–C–N with tert-alkyl or cyclic N) is 1. The highest BCUT2D eigenvalue weighted by Gasteiger charge is 2.26. The van der Waals surface area contributed by atoms with Gasteiger partial charge in [0.15, 0.2) is 0 Å². The molecule has 2 fully saturated rings. The molecule has 1 saturated carbocycles. The molecule has 1 saturated heterocycles. The molecule has 112 valence electrons. The zero-order valence-electron chi connectivity index (χ0n) is 12.2. The van der Waals surface area contributed by atoms with Gasteiger partial charge in [-0.15, -0.1) is 0 Å². The molecule has 2 unspecified atom stereocenters. The van der Waals surface area contributed by atoms with Crippen LogP contribution in [0.25, 0.3) is 0 Å². The Bertz CT molecular complexity index is 248. The summed E-state index contributed by atoms with van der Waals surface area (Å²) in [5.74, 6) is 0. The van der Waals surface area contributed by atoms with Crippen molar-refractivity contribution in [3.63, 3.8) is 0 Å². The highest BCUT2D eigenvalue weighted by Crippen LogP contribution is 2.27. The Labute approximate surface area is 116 Å². The molecule has 0 aromatic heterocycles. The maximum absolute atomic E-state index is 9.94. The summed E-state index contributed by atoms with van der Waals surface area (Å²) in [6.45, 7) is 4.78. The lowest BCUT2D eigenvalue weighted by Gasteiger charge is -2.35. The fourth-order valence-electron chi connectivity index (χ4n) is 3.04. The van der Waals surface area contributed by atoms with Crippen molar-refractivity contribution in [1.82, 2.24) is 5.32 Å². The third-order valence-corrected chi connectivity index (χ3v) is 4.36. The van der Waals surface area contributed by atoms with Crippen LogP contribution in [0.3, 0.4) is 0 Å². The van der Waals surface area contributed by atoms with Crippen LogP contribution in [0.5, 0.6) is 0 Å². The van der Waals surface area contributed by atoms with Crippen molar-refractivity contribution < 1.29 is 14.6 Å². The molecule has 2 N–H and O–H groups in total. The van der Waals surface area contributed by atoms with Crippen LogP contribution < -0.4 is 5.32 Å². The molecule has 1 heterocycles. The summed E-state index contributed by atoms with van der Waals surface area (Å²) in [6.07, 6.45) is 8.45. The summed E-state index contributed by atoms with van der Waals surface area (Å²) in [4.78, 5) is 0. The van der Waals surface area contributed by atoms with E-state index in [9.17, 15) is 5.11 Å². The Hall–Kier alpha value is -0.160. The largest absolute Gasteiger partial charge is 0.389 e. The highest BCUT2D eigenvalue weighted by molar-refractivity contribution is 4.86. The van der Waals surface area contributed by atoms with Gasteiger partial charge < -0.3 is 19.9 Å². The summed E-state index contributed by atoms with van der Waals surface area (Å²) in [5, 5.41) is 13.5. The molecule has 2 atom stereocenters. The Morgan fingerprint density at radius 3 is 2.79 bits per heavy atom. The fraction of sp³-hybridized carbons (Fsp3) is 1.00. The first kappa shape index (κ1) is 15.2. The van der Waals surface area contributed by atoms with E-state index in [0.717, 1.165) is 19.4 Å². The molecule has 0 aromatic carbocycles. The Morgan fingerprint density at radius 1 is 1.32 bits per heavy atom. The molecule has 0 amide bonds. The van der Waals surface area contributed by atoms with Crippen LogP contribution in [0, 0.1) is 0 Å². The molecular formula is C15H29NO3. The van der Waals surface area contributed by atoms with Crippen molar-refractivity contribution in [2.75, 3.05) is 26.4 Å². The van der Waals surface area contributed by atoms with Gasteiger partial charge in [-0.2, -0.15) is 0 Å². The van der Waals surface area contributed by atoms with Gasteiger partial charge in [0, 0.05) is 18.7 Å². The number of hydrogen-bond acceptors (Lipinski definition) is 4. The molecule has 0 spiro atoms. The lowest BCUT2D eigenvalue weighted by atomic mass is 9.83. The highest BCUT2D eigenvalue weighted by atomic mass is 16.5. The first-order valence-electron chi connectivity index (χ1n) is 7.80. The maximum Gasteiger partial charge on any atom is 0.0897 e. The van der Waals surface area contributed by atoms with Crippen LogP contribution in [0.15, 0.2) is 0 Å². The smallest absolute Gasteiger partial charge is 0.0897 e. The van der Waals surface area contributed by atoms with Gasteiger partial charge in [-0.1, -0.05) is 19.3 Å². The van der Waals surface area contributed by atoms with Gasteiger partial charge in [0.2, 0.25) is 0 Å². The van der Waals surface area contributed by atoms with Crippen LogP contribution in [0.2, 0.25) is 0 Å². The average molecular weight is 271 g/mol. The van der Waals surface area contributed by atoms with Gasteiger partial charge in [0.25, 0.3) is 0 Å². The van der Waals surface area contributed by atoms with Crippen molar-refractivity contribution in [3.8, 4) is 0 Å². The monoisotopic (exact) mass is 271 g/mol. The lowest BCUT2D eigenvalue weighted by molar-refractivity contribution is -0.0184. The van der Waals surface area contributed by atoms with Gasteiger partial charge in [0.05, 0.1) is 25.4 Å². The molecule has 1 aliphatic heterocycles.